The smallest absolute Gasteiger partial charge is 0.321 e. The molecule has 1 saturated heterocycles. The van der Waals surface area contributed by atoms with Crippen LogP contribution in [0.1, 0.15) is 26.7 Å². The first-order chi connectivity index (χ1) is 7.33. The molecule has 0 bridgehead atoms. The highest BCUT2D eigenvalue weighted by Gasteiger charge is 2.29. The molecular formula is C9H18N2O4S. The largest absolute Gasteiger partial charge is 0.480 e. The normalized spacial score (nSPS) is 25.2. The number of rotatable bonds is 4. The van der Waals surface area contributed by atoms with Crippen molar-refractivity contribution in [3.05, 3.63) is 0 Å². The van der Waals surface area contributed by atoms with Crippen LogP contribution in [0.15, 0.2) is 0 Å². The van der Waals surface area contributed by atoms with Gasteiger partial charge in [0.05, 0.1) is 0 Å². The van der Waals surface area contributed by atoms with Gasteiger partial charge in [0.1, 0.15) is 6.04 Å². The second-order valence-electron chi connectivity index (χ2n) is 4.29. The van der Waals surface area contributed by atoms with E-state index >= 15 is 0 Å². The van der Waals surface area contributed by atoms with E-state index in [-0.39, 0.29) is 0 Å². The van der Waals surface area contributed by atoms with E-state index in [0.717, 1.165) is 12.8 Å². The lowest BCUT2D eigenvalue weighted by Crippen LogP contribution is -2.49. The summed E-state index contributed by atoms with van der Waals surface area (Å²) in [6.07, 6.45) is 1.84. The molecule has 2 atom stereocenters. The number of carboxylic acid groups (broad SMARTS) is 1. The number of carboxylic acids is 1. The van der Waals surface area contributed by atoms with Crippen LogP contribution in [0.25, 0.3) is 0 Å². The zero-order valence-corrected chi connectivity index (χ0v) is 10.3. The second-order valence-corrected chi connectivity index (χ2v) is 5.99. The topological polar surface area (TPSA) is 86.7 Å². The molecule has 0 aromatic carbocycles. The lowest BCUT2D eigenvalue weighted by molar-refractivity contribution is -0.138. The highest BCUT2D eigenvalue weighted by Crippen LogP contribution is 2.17. The van der Waals surface area contributed by atoms with Crippen molar-refractivity contribution in [2.24, 2.45) is 5.92 Å². The van der Waals surface area contributed by atoms with Crippen LogP contribution in [-0.2, 0) is 15.0 Å². The molecule has 1 unspecified atom stereocenters. The zero-order valence-electron chi connectivity index (χ0n) is 9.51. The van der Waals surface area contributed by atoms with Gasteiger partial charge in [0, 0.05) is 13.1 Å². The van der Waals surface area contributed by atoms with Gasteiger partial charge in [-0.05, 0) is 25.7 Å². The summed E-state index contributed by atoms with van der Waals surface area (Å²) in [5.41, 5.74) is 0. The summed E-state index contributed by atoms with van der Waals surface area (Å²) in [4.78, 5) is 10.6. The van der Waals surface area contributed by atoms with Crippen molar-refractivity contribution in [2.45, 2.75) is 32.7 Å². The zero-order chi connectivity index (χ0) is 12.3. The van der Waals surface area contributed by atoms with Gasteiger partial charge in [0.2, 0.25) is 0 Å². The molecule has 1 rings (SSSR count). The highest BCUT2D eigenvalue weighted by atomic mass is 32.2. The van der Waals surface area contributed by atoms with E-state index in [9.17, 15) is 13.2 Å². The van der Waals surface area contributed by atoms with Crippen LogP contribution in [0, 0.1) is 5.92 Å². The molecule has 0 aromatic heterocycles. The number of hydrogen-bond acceptors (Lipinski definition) is 3. The molecule has 0 radical (unpaired) electrons. The van der Waals surface area contributed by atoms with Crippen molar-refractivity contribution in [1.29, 1.82) is 0 Å². The van der Waals surface area contributed by atoms with Crippen LogP contribution in [0.4, 0.5) is 0 Å². The van der Waals surface area contributed by atoms with E-state index < -0.39 is 22.2 Å². The van der Waals surface area contributed by atoms with Gasteiger partial charge in [-0.1, -0.05) is 6.92 Å². The van der Waals surface area contributed by atoms with Crippen molar-refractivity contribution in [2.75, 3.05) is 13.1 Å². The molecule has 2 N–H and O–H groups in total. The van der Waals surface area contributed by atoms with Crippen LogP contribution in [0.2, 0.25) is 0 Å². The van der Waals surface area contributed by atoms with Crippen LogP contribution >= 0.6 is 0 Å². The Balaban J connectivity index is 2.66. The van der Waals surface area contributed by atoms with Crippen LogP contribution in [0.3, 0.4) is 0 Å². The fraction of sp³-hybridized carbons (Fsp3) is 0.889. The Morgan fingerprint density at radius 1 is 1.56 bits per heavy atom. The lowest BCUT2D eigenvalue weighted by Gasteiger charge is -2.30. The first kappa shape index (κ1) is 13.4. The molecule has 1 aliphatic heterocycles. The van der Waals surface area contributed by atoms with E-state index in [2.05, 4.69) is 4.72 Å². The van der Waals surface area contributed by atoms with E-state index in [1.807, 2.05) is 6.92 Å². The number of aliphatic carboxylic acids is 1. The predicted octanol–water partition coefficient (Wildman–Crippen LogP) is 0.0258. The van der Waals surface area contributed by atoms with Gasteiger partial charge in [0.15, 0.2) is 0 Å². The maximum absolute atomic E-state index is 11.8. The summed E-state index contributed by atoms with van der Waals surface area (Å²) in [7, 11) is -3.66. The van der Waals surface area contributed by atoms with E-state index in [1.54, 1.807) is 0 Å². The molecule has 0 aromatic rings. The van der Waals surface area contributed by atoms with Gasteiger partial charge in [-0.2, -0.15) is 17.4 Å². The quantitative estimate of drug-likeness (QED) is 0.736. The summed E-state index contributed by atoms with van der Waals surface area (Å²) in [6, 6.07) is -1.10. The summed E-state index contributed by atoms with van der Waals surface area (Å²) in [5.74, 6) is -0.848. The average molecular weight is 250 g/mol. The molecule has 1 heterocycles. The van der Waals surface area contributed by atoms with Crippen molar-refractivity contribution < 1.29 is 18.3 Å². The molecule has 1 fully saturated rings. The third kappa shape index (κ3) is 3.43. The van der Waals surface area contributed by atoms with Crippen molar-refractivity contribution >= 4 is 16.2 Å². The third-order valence-corrected chi connectivity index (χ3v) is 4.32. The SMILES string of the molecule is CC1CCCN(S(=O)(=O)N[C@H](C)C(=O)O)C1. The number of nitrogens with zero attached hydrogens (tertiary/aromatic N) is 1. The molecule has 0 aliphatic carbocycles. The Hall–Kier alpha value is -0.660. The minimum absolute atomic E-state index is 0.324. The summed E-state index contributed by atoms with van der Waals surface area (Å²) in [6.45, 7) is 4.23. The second kappa shape index (κ2) is 5.11. The lowest BCUT2D eigenvalue weighted by atomic mass is 10.0. The van der Waals surface area contributed by atoms with Crippen LogP contribution in [-0.4, -0.2) is 42.9 Å². The molecule has 94 valence electrons. The Labute approximate surface area is 95.8 Å². The number of nitrogens with one attached hydrogen (secondary N) is 1. The fourth-order valence-corrected chi connectivity index (χ4v) is 3.23. The first-order valence-corrected chi connectivity index (χ1v) is 6.77. The summed E-state index contributed by atoms with van der Waals surface area (Å²) >= 11 is 0. The Morgan fingerprint density at radius 2 is 2.19 bits per heavy atom. The molecular weight excluding hydrogens is 232 g/mol. The standard InChI is InChI=1S/C9H18N2O4S/c1-7-4-3-5-11(6-7)16(14,15)10-8(2)9(12)13/h7-8,10H,3-6H2,1-2H3,(H,12,13)/t7?,8-/m1/s1. The van der Waals surface area contributed by atoms with Gasteiger partial charge in [-0.3, -0.25) is 4.79 Å². The van der Waals surface area contributed by atoms with Crippen molar-refractivity contribution in [3.8, 4) is 0 Å². The van der Waals surface area contributed by atoms with Gasteiger partial charge < -0.3 is 5.11 Å². The first-order valence-electron chi connectivity index (χ1n) is 5.33. The Bertz CT molecular complexity index is 355. The molecule has 7 heteroatoms. The van der Waals surface area contributed by atoms with E-state index in [1.165, 1.54) is 11.2 Å². The molecule has 1 aliphatic rings. The number of piperidine rings is 1. The number of carbonyl (C=O) groups is 1. The monoisotopic (exact) mass is 250 g/mol. The van der Waals surface area contributed by atoms with Crippen molar-refractivity contribution in [3.63, 3.8) is 0 Å². The fourth-order valence-electron chi connectivity index (χ4n) is 1.71. The molecule has 6 nitrogen and oxygen atoms in total. The van der Waals surface area contributed by atoms with Gasteiger partial charge in [0.25, 0.3) is 10.2 Å². The van der Waals surface area contributed by atoms with Crippen LogP contribution < -0.4 is 4.72 Å². The third-order valence-electron chi connectivity index (χ3n) is 2.66. The Morgan fingerprint density at radius 3 is 2.69 bits per heavy atom. The average Bonchev–Trinajstić information content (AvgIpc) is 2.17. The maximum atomic E-state index is 11.8. The summed E-state index contributed by atoms with van der Waals surface area (Å²) < 4.78 is 27.1. The molecule has 16 heavy (non-hydrogen) atoms. The molecule has 0 spiro atoms. The predicted molar refractivity (Wildman–Crippen MR) is 59.1 cm³/mol. The minimum atomic E-state index is -3.66. The Kier molecular flexibility index (Phi) is 4.28. The maximum Gasteiger partial charge on any atom is 0.321 e. The van der Waals surface area contributed by atoms with Crippen molar-refractivity contribution in [1.82, 2.24) is 9.03 Å². The molecule has 0 saturated carbocycles. The van der Waals surface area contributed by atoms with E-state index in [4.69, 9.17) is 5.11 Å². The van der Waals surface area contributed by atoms with Gasteiger partial charge in [-0.25, -0.2) is 0 Å². The molecule has 0 amide bonds. The van der Waals surface area contributed by atoms with E-state index in [0.29, 0.717) is 19.0 Å². The van der Waals surface area contributed by atoms with Crippen LogP contribution in [0.5, 0.6) is 0 Å². The highest BCUT2D eigenvalue weighted by molar-refractivity contribution is 7.87. The summed E-state index contributed by atoms with van der Waals surface area (Å²) in [5, 5.41) is 8.65. The number of hydrogen-bond donors (Lipinski definition) is 2. The minimum Gasteiger partial charge on any atom is -0.480 e. The van der Waals surface area contributed by atoms with Gasteiger partial charge in [-0.15, -0.1) is 0 Å². The van der Waals surface area contributed by atoms with Gasteiger partial charge >= 0.3 is 5.97 Å².